The van der Waals surface area contributed by atoms with Crippen LogP contribution < -0.4 is 10.6 Å². The summed E-state index contributed by atoms with van der Waals surface area (Å²) < 4.78 is 5.43. The van der Waals surface area contributed by atoms with E-state index >= 15 is 0 Å². The molecule has 1 aliphatic heterocycles. The number of ether oxygens (including phenoxy) is 1. The highest BCUT2D eigenvalue weighted by molar-refractivity contribution is 7.15. The van der Waals surface area contributed by atoms with Crippen molar-refractivity contribution in [2.75, 3.05) is 18.5 Å². The molecule has 6 nitrogen and oxygen atoms in total. The van der Waals surface area contributed by atoms with E-state index in [0.29, 0.717) is 28.7 Å². The molecule has 2 aliphatic rings. The first kappa shape index (κ1) is 20.2. The van der Waals surface area contributed by atoms with Gasteiger partial charge in [0.15, 0.2) is 0 Å². The quantitative estimate of drug-likeness (QED) is 0.792. The molecule has 2 N–H and O–H groups in total. The van der Waals surface area contributed by atoms with Crippen LogP contribution in [0.1, 0.15) is 51.7 Å². The van der Waals surface area contributed by atoms with E-state index in [0.717, 1.165) is 37.5 Å². The molecule has 1 aliphatic carbocycles. The van der Waals surface area contributed by atoms with Crippen molar-refractivity contribution >= 4 is 34.8 Å². The fourth-order valence-electron chi connectivity index (χ4n) is 3.59. The minimum atomic E-state index is -0.128. The molecule has 0 spiro atoms. The zero-order chi connectivity index (χ0) is 18.1. The molecule has 2 unspecified atom stereocenters. The van der Waals surface area contributed by atoms with Crippen LogP contribution in [0.4, 0.5) is 5.13 Å². The van der Waals surface area contributed by atoms with E-state index in [-0.39, 0.29) is 18.3 Å². The number of anilines is 1. The summed E-state index contributed by atoms with van der Waals surface area (Å²) in [5.41, 5.74) is 3.19. The number of aromatic nitrogens is 2. The van der Waals surface area contributed by atoms with Crippen molar-refractivity contribution in [3.8, 4) is 0 Å². The Labute approximate surface area is 169 Å². The van der Waals surface area contributed by atoms with E-state index in [1.54, 1.807) is 0 Å². The van der Waals surface area contributed by atoms with E-state index in [1.165, 1.54) is 22.5 Å². The van der Waals surface area contributed by atoms with Crippen LogP contribution in [-0.2, 0) is 4.74 Å². The van der Waals surface area contributed by atoms with Gasteiger partial charge in [-0.1, -0.05) is 17.4 Å². The SMILES string of the molecule is Cc1nnc(NC(=O)c2ccc(C)c(C3CC3NC3CCOCC3)c2)s1.Cl. The van der Waals surface area contributed by atoms with Crippen LogP contribution in [0.2, 0.25) is 0 Å². The lowest BCUT2D eigenvalue weighted by atomic mass is 10.00. The standard InChI is InChI=1S/C19H24N4O2S.ClH/c1-11-3-4-13(18(24)21-19-23-22-12(2)26-19)9-15(11)16-10-17(16)20-14-5-7-25-8-6-14;/h3-4,9,14,16-17,20H,5-8,10H2,1-2H3,(H,21,23,24);1H. The summed E-state index contributed by atoms with van der Waals surface area (Å²) in [5.74, 6) is 0.367. The third kappa shape index (κ3) is 4.85. The lowest BCUT2D eigenvalue weighted by molar-refractivity contribution is 0.0774. The van der Waals surface area contributed by atoms with E-state index in [1.807, 2.05) is 25.1 Å². The second kappa shape index (κ2) is 8.65. The number of nitrogens with zero attached hydrogens (tertiary/aromatic N) is 2. The first-order valence-corrected chi connectivity index (χ1v) is 9.97. The minimum absolute atomic E-state index is 0. The van der Waals surface area contributed by atoms with Crippen molar-refractivity contribution in [2.24, 2.45) is 0 Å². The molecule has 0 bridgehead atoms. The van der Waals surface area contributed by atoms with Gasteiger partial charge in [-0.05, 0) is 56.4 Å². The number of halogens is 1. The summed E-state index contributed by atoms with van der Waals surface area (Å²) in [6, 6.07) is 7.03. The predicted molar refractivity (Wildman–Crippen MR) is 109 cm³/mol. The van der Waals surface area contributed by atoms with Crippen molar-refractivity contribution < 1.29 is 9.53 Å². The van der Waals surface area contributed by atoms with Crippen molar-refractivity contribution in [1.29, 1.82) is 0 Å². The maximum absolute atomic E-state index is 12.5. The summed E-state index contributed by atoms with van der Waals surface area (Å²) in [5, 5.41) is 15.9. The van der Waals surface area contributed by atoms with Crippen molar-refractivity contribution in [3.05, 3.63) is 39.9 Å². The number of amides is 1. The second-order valence-electron chi connectivity index (χ2n) is 7.15. The monoisotopic (exact) mass is 408 g/mol. The first-order chi connectivity index (χ1) is 12.6. The summed E-state index contributed by atoms with van der Waals surface area (Å²) in [7, 11) is 0. The average molecular weight is 409 g/mol. The largest absolute Gasteiger partial charge is 0.381 e. The van der Waals surface area contributed by atoms with Crippen molar-refractivity contribution in [2.45, 2.75) is 51.1 Å². The molecule has 27 heavy (non-hydrogen) atoms. The Morgan fingerprint density at radius 1 is 1.22 bits per heavy atom. The molecule has 1 saturated heterocycles. The van der Waals surface area contributed by atoms with Gasteiger partial charge in [0.1, 0.15) is 5.01 Å². The highest BCUT2D eigenvalue weighted by atomic mass is 35.5. The van der Waals surface area contributed by atoms with Crippen LogP contribution in [0, 0.1) is 13.8 Å². The van der Waals surface area contributed by atoms with Gasteiger partial charge in [-0.3, -0.25) is 10.1 Å². The number of carbonyl (C=O) groups is 1. The zero-order valence-electron chi connectivity index (χ0n) is 15.5. The molecular weight excluding hydrogens is 384 g/mol. The van der Waals surface area contributed by atoms with Crippen LogP contribution in [0.3, 0.4) is 0 Å². The van der Waals surface area contributed by atoms with Crippen LogP contribution in [-0.4, -0.2) is 41.4 Å². The molecule has 8 heteroatoms. The topological polar surface area (TPSA) is 76.1 Å². The summed E-state index contributed by atoms with van der Waals surface area (Å²) >= 11 is 1.38. The zero-order valence-corrected chi connectivity index (χ0v) is 17.2. The van der Waals surface area contributed by atoms with Gasteiger partial charge in [-0.25, -0.2) is 0 Å². The highest BCUT2D eigenvalue weighted by Crippen LogP contribution is 2.43. The number of aryl methyl sites for hydroxylation is 2. The number of hydrogen-bond acceptors (Lipinski definition) is 6. The number of carbonyl (C=O) groups excluding carboxylic acids is 1. The van der Waals surface area contributed by atoms with Gasteiger partial charge < -0.3 is 10.1 Å². The maximum Gasteiger partial charge on any atom is 0.257 e. The lowest BCUT2D eigenvalue weighted by Crippen LogP contribution is -2.36. The second-order valence-corrected chi connectivity index (χ2v) is 8.34. The molecule has 2 aromatic rings. The van der Waals surface area contributed by atoms with E-state index < -0.39 is 0 Å². The Morgan fingerprint density at radius 2 is 2.00 bits per heavy atom. The number of benzene rings is 1. The Kier molecular flexibility index (Phi) is 6.47. The van der Waals surface area contributed by atoms with Crippen LogP contribution >= 0.6 is 23.7 Å². The molecule has 1 aromatic carbocycles. The molecule has 1 amide bonds. The Morgan fingerprint density at radius 3 is 2.70 bits per heavy atom. The fourth-order valence-corrected chi connectivity index (χ4v) is 4.17. The smallest absolute Gasteiger partial charge is 0.257 e. The Balaban J connectivity index is 0.00000210. The highest BCUT2D eigenvalue weighted by Gasteiger charge is 2.40. The van der Waals surface area contributed by atoms with Crippen LogP contribution in [0.5, 0.6) is 0 Å². The molecular formula is C19H25ClN4O2S. The molecule has 0 radical (unpaired) electrons. The Hall–Kier alpha value is -1.54. The molecule has 2 fully saturated rings. The van der Waals surface area contributed by atoms with Gasteiger partial charge in [0.2, 0.25) is 5.13 Å². The van der Waals surface area contributed by atoms with E-state index in [4.69, 9.17) is 4.74 Å². The predicted octanol–water partition coefficient (Wildman–Crippen LogP) is 3.45. The van der Waals surface area contributed by atoms with E-state index in [2.05, 4.69) is 27.8 Å². The third-order valence-electron chi connectivity index (χ3n) is 5.15. The maximum atomic E-state index is 12.5. The summed E-state index contributed by atoms with van der Waals surface area (Å²) in [4.78, 5) is 12.5. The van der Waals surface area contributed by atoms with Crippen molar-refractivity contribution in [1.82, 2.24) is 15.5 Å². The third-order valence-corrected chi connectivity index (χ3v) is 5.90. The molecule has 2 heterocycles. The fraction of sp³-hybridized carbons (Fsp3) is 0.526. The Bertz CT molecular complexity index is 807. The molecule has 2 atom stereocenters. The van der Waals surface area contributed by atoms with E-state index in [9.17, 15) is 4.79 Å². The number of nitrogens with one attached hydrogen (secondary N) is 2. The van der Waals surface area contributed by atoms with Gasteiger partial charge in [0.05, 0.1) is 0 Å². The van der Waals surface area contributed by atoms with Gasteiger partial charge in [0.25, 0.3) is 5.91 Å². The van der Waals surface area contributed by atoms with Crippen molar-refractivity contribution in [3.63, 3.8) is 0 Å². The average Bonchev–Trinajstić information content (AvgIpc) is 3.27. The summed E-state index contributed by atoms with van der Waals surface area (Å²) in [6.07, 6.45) is 3.32. The number of hydrogen-bond donors (Lipinski definition) is 2. The van der Waals surface area contributed by atoms with Gasteiger partial charge in [-0.15, -0.1) is 22.6 Å². The summed E-state index contributed by atoms with van der Waals surface area (Å²) in [6.45, 7) is 5.70. The lowest BCUT2D eigenvalue weighted by Gasteiger charge is -2.23. The van der Waals surface area contributed by atoms with Gasteiger partial charge in [0, 0.05) is 36.8 Å². The molecule has 4 rings (SSSR count). The molecule has 1 aromatic heterocycles. The first-order valence-electron chi connectivity index (χ1n) is 9.16. The normalized spacial score (nSPS) is 22.1. The minimum Gasteiger partial charge on any atom is -0.381 e. The number of rotatable bonds is 5. The van der Waals surface area contributed by atoms with Crippen LogP contribution in [0.25, 0.3) is 0 Å². The van der Waals surface area contributed by atoms with Gasteiger partial charge >= 0.3 is 0 Å². The molecule has 1 saturated carbocycles. The molecule has 146 valence electrons. The van der Waals surface area contributed by atoms with Gasteiger partial charge in [-0.2, -0.15) is 0 Å². The van der Waals surface area contributed by atoms with Crippen LogP contribution in [0.15, 0.2) is 18.2 Å².